The molecule has 0 bridgehead atoms. The molecule has 0 saturated heterocycles. The standard InChI is InChI=1S/C22H18F2N4O4/c23-16-5-2-6-17(24)20(16)28-18(32)8-7-15-19(13-3-1-4-14(31)11-13)25-22(26-21(15)28)27(12-30)9-10-29/h1-8,11,29-31H,9-10,12H2. The Hall–Kier alpha value is -3.89. The summed E-state index contributed by atoms with van der Waals surface area (Å²) in [4.78, 5) is 22.7. The summed E-state index contributed by atoms with van der Waals surface area (Å²) in [7, 11) is 0. The van der Waals surface area contributed by atoms with Gasteiger partial charge in [-0.15, -0.1) is 0 Å². The highest BCUT2D eigenvalue weighted by atomic mass is 19.1. The van der Waals surface area contributed by atoms with Gasteiger partial charge < -0.3 is 20.2 Å². The predicted molar refractivity (Wildman–Crippen MR) is 114 cm³/mol. The van der Waals surface area contributed by atoms with E-state index in [1.165, 1.54) is 29.2 Å². The highest BCUT2D eigenvalue weighted by molar-refractivity contribution is 5.92. The summed E-state index contributed by atoms with van der Waals surface area (Å²) in [5.74, 6) is -2.05. The number of aromatic nitrogens is 3. The average molecular weight is 440 g/mol. The van der Waals surface area contributed by atoms with Crippen LogP contribution in [0, 0.1) is 11.6 Å². The quantitative estimate of drug-likeness (QED) is 0.394. The maximum absolute atomic E-state index is 14.6. The topological polar surface area (TPSA) is 112 Å². The highest BCUT2D eigenvalue weighted by Gasteiger charge is 2.21. The van der Waals surface area contributed by atoms with Gasteiger partial charge in [0.25, 0.3) is 5.56 Å². The summed E-state index contributed by atoms with van der Waals surface area (Å²) in [6, 6.07) is 11.9. The van der Waals surface area contributed by atoms with Gasteiger partial charge in [0.2, 0.25) is 5.95 Å². The fraction of sp³-hybridized carbons (Fsp3) is 0.136. The van der Waals surface area contributed by atoms with Crippen molar-refractivity contribution in [2.45, 2.75) is 0 Å². The van der Waals surface area contributed by atoms with Crippen molar-refractivity contribution in [3.63, 3.8) is 0 Å². The van der Waals surface area contributed by atoms with Crippen molar-refractivity contribution in [1.82, 2.24) is 14.5 Å². The predicted octanol–water partition coefficient (Wildman–Crippen LogP) is 2.18. The van der Waals surface area contributed by atoms with Crippen molar-refractivity contribution in [1.29, 1.82) is 0 Å². The van der Waals surface area contributed by atoms with E-state index in [2.05, 4.69) is 9.97 Å². The molecule has 164 valence electrons. The molecule has 8 nitrogen and oxygen atoms in total. The maximum atomic E-state index is 14.6. The van der Waals surface area contributed by atoms with E-state index in [4.69, 9.17) is 0 Å². The third-order valence-corrected chi connectivity index (χ3v) is 4.84. The van der Waals surface area contributed by atoms with E-state index in [0.29, 0.717) is 5.56 Å². The average Bonchev–Trinajstić information content (AvgIpc) is 2.78. The van der Waals surface area contributed by atoms with Gasteiger partial charge >= 0.3 is 0 Å². The number of aromatic hydroxyl groups is 1. The summed E-state index contributed by atoms with van der Waals surface area (Å²) in [5, 5.41) is 29.2. The molecule has 0 unspecified atom stereocenters. The molecule has 0 atom stereocenters. The van der Waals surface area contributed by atoms with E-state index in [9.17, 15) is 28.9 Å². The summed E-state index contributed by atoms with van der Waals surface area (Å²) < 4.78 is 30.0. The number of phenolic OH excluding ortho intramolecular Hbond substituents is 1. The zero-order chi connectivity index (χ0) is 22.8. The van der Waals surface area contributed by atoms with E-state index in [0.717, 1.165) is 22.8 Å². The Morgan fingerprint density at radius 1 is 0.969 bits per heavy atom. The monoisotopic (exact) mass is 440 g/mol. The first kappa shape index (κ1) is 21.3. The summed E-state index contributed by atoms with van der Waals surface area (Å²) in [6.45, 7) is -0.920. The van der Waals surface area contributed by atoms with Crippen molar-refractivity contribution in [2.75, 3.05) is 24.8 Å². The lowest BCUT2D eigenvalue weighted by Crippen LogP contribution is -2.30. The van der Waals surface area contributed by atoms with Crippen LogP contribution in [-0.4, -0.2) is 49.7 Å². The summed E-state index contributed by atoms with van der Waals surface area (Å²) in [6.07, 6.45) is 0. The summed E-state index contributed by atoms with van der Waals surface area (Å²) >= 11 is 0. The van der Waals surface area contributed by atoms with Crippen LogP contribution in [-0.2, 0) is 0 Å². The van der Waals surface area contributed by atoms with Crippen molar-refractivity contribution in [3.05, 3.63) is 76.6 Å². The Balaban J connectivity index is 2.14. The lowest BCUT2D eigenvalue weighted by atomic mass is 10.1. The lowest BCUT2D eigenvalue weighted by Gasteiger charge is -2.21. The van der Waals surface area contributed by atoms with Crippen LogP contribution < -0.4 is 10.5 Å². The normalized spacial score (nSPS) is 11.1. The third-order valence-electron chi connectivity index (χ3n) is 4.84. The first-order valence-corrected chi connectivity index (χ1v) is 9.59. The first-order valence-electron chi connectivity index (χ1n) is 9.59. The number of fused-ring (bicyclic) bond motifs is 1. The molecule has 0 spiro atoms. The first-order chi connectivity index (χ1) is 15.4. The van der Waals surface area contributed by atoms with Gasteiger partial charge in [-0.25, -0.2) is 13.8 Å². The SMILES string of the molecule is O=c1ccc2c(-c3cccc(O)c3)nc(N(CO)CCO)nc2n1-c1c(F)cccc1F. The Kier molecular flexibility index (Phi) is 5.80. The van der Waals surface area contributed by atoms with Crippen LogP contribution in [0.25, 0.3) is 28.0 Å². The molecule has 10 heteroatoms. The minimum Gasteiger partial charge on any atom is -0.508 e. The second kappa shape index (κ2) is 8.69. The molecule has 0 fully saturated rings. The molecule has 32 heavy (non-hydrogen) atoms. The molecule has 0 aliphatic heterocycles. The van der Waals surface area contributed by atoms with Gasteiger partial charge in [-0.2, -0.15) is 4.98 Å². The van der Waals surface area contributed by atoms with Gasteiger partial charge in [0.15, 0.2) is 5.65 Å². The molecule has 3 N–H and O–H groups in total. The van der Waals surface area contributed by atoms with Crippen molar-refractivity contribution in [3.8, 4) is 22.7 Å². The summed E-state index contributed by atoms with van der Waals surface area (Å²) in [5.41, 5.74) is -0.748. The number of aliphatic hydroxyl groups is 2. The number of aliphatic hydroxyl groups excluding tert-OH is 2. The molecule has 4 rings (SSSR count). The fourth-order valence-electron chi connectivity index (χ4n) is 3.39. The van der Waals surface area contributed by atoms with Crippen molar-refractivity contribution < 1.29 is 24.1 Å². The molecule has 2 aromatic heterocycles. The van der Waals surface area contributed by atoms with Crippen LogP contribution in [0.15, 0.2) is 59.4 Å². The highest BCUT2D eigenvalue weighted by Crippen LogP contribution is 2.31. The second-order valence-corrected chi connectivity index (χ2v) is 6.87. The number of anilines is 1. The Bertz CT molecular complexity index is 1340. The van der Waals surface area contributed by atoms with E-state index in [-0.39, 0.29) is 41.6 Å². The van der Waals surface area contributed by atoms with Crippen molar-refractivity contribution >= 4 is 17.0 Å². The van der Waals surface area contributed by atoms with Crippen LogP contribution in [0.2, 0.25) is 0 Å². The number of rotatable bonds is 6. The van der Waals surface area contributed by atoms with E-state index in [1.54, 1.807) is 12.1 Å². The molecule has 0 amide bonds. The lowest BCUT2D eigenvalue weighted by molar-refractivity contribution is 0.256. The Morgan fingerprint density at radius 3 is 2.34 bits per heavy atom. The molecular weight excluding hydrogens is 422 g/mol. The molecule has 2 heterocycles. The van der Waals surface area contributed by atoms with Gasteiger partial charge in [0.05, 0.1) is 12.3 Å². The number of phenols is 1. The van der Waals surface area contributed by atoms with Gasteiger partial charge in [-0.3, -0.25) is 9.36 Å². The second-order valence-electron chi connectivity index (χ2n) is 6.87. The number of nitrogens with zero attached hydrogens (tertiary/aromatic N) is 4. The number of hydrogen-bond donors (Lipinski definition) is 3. The minimum atomic E-state index is -0.965. The van der Waals surface area contributed by atoms with Crippen molar-refractivity contribution in [2.24, 2.45) is 0 Å². The van der Waals surface area contributed by atoms with Crippen LogP contribution in [0.3, 0.4) is 0 Å². The molecule has 0 radical (unpaired) electrons. The third kappa shape index (κ3) is 3.77. The smallest absolute Gasteiger partial charge is 0.256 e. The minimum absolute atomic E-state index is 0.0351. The van der Waals surface area contributed by atoms with Gasteiger partial charge in [0, 0.05) is 23.6 Å². The van der Waals surface area contributed by atoms with E-state index < -0.39 is 29.6 Å². The zero-order valence-electron chi connectivity index (χ0n) is 16.6. The molecular formula is C22H18F2N4O4. The largest absolute Gasteiger partial charge is 0.508 e. The zero-order valence-corrected chi connectivity index (χ0v) is 16.6. The molecule has 0 aliphatic carbocycles. The Morgan fingerprint density at radius 2 is 1.69 bits per heavy atom. The van der Waals surface area contributed by atoms with E-state index >= 15 is 0 Å². The van der Waals surface area contributed by atoms with Gasteiger partial charge in [-0.05, 0) is 30.3 Å². The van der Waals surface area contributed by atoms with Crippen LogP contribution >= 0.6 is 0 Å². The van der Waals surface area contributed by atoms with Crippen LogP contribution in [0.1, 0.15) is 0 Å². The fourth-order valence-corrected chi connectivity index (χ4v) is 3.39. The maximum Gasteiger partial charge on any atom is 0.256 e. The van der Waals surface area contributed by atoms with Crippen LogP contribution in [0.4, 0.5) is 14.7 Å². The molecule has 2 aromatic carbocycles. The molecule has 4 aromatic rings. The van der Waals surface area contributed by atoms with Gasteiger partial charge in [-0.1, -0.05) is 18.2 Å². The number of halogens is 2. The number of para-hydroxylation sites is 1. The number of pyridine rings is 1. The number of benzene rings is 2. The number of hydrogen-bond acceptors (Lipinski definition) is 7. The van der Waals surface area contributed by atoms with Gasteiger partial charge in [0.1, 0.15) is 29.8 Å². The Labute approximate surface area is 180 Å². The molecule has 0 saturated carbocycles. The van der Waals surface area contributed by atoms with Crippen LogP contribution in [0.5, 0.6) is 5.75 Å². The molecule has 0 aliphatic rings. The van der Waals surface area contributed by atoms with E-state index in [1.807, 2.05) is 0 Å².